The number of hydrogen-bond acceptors (Lipinski definition) is 2. The van der Waals surface area contributed by atoms with Crippen LogP contribution in [-0.4, -0.2) is 11.1 Å². The molecule has 2 aromatic rings. The molecule has 0 aliphatic rings. The van der Waals surface area contributed by atoms with Gasteiger partial charge in [0.05, 0.1) is 10.0 Å². The second-order valence-electron chi connectivity index (χ2n) is 4.90. The first kappa shape index (κ1) is 15.8. The fraction of sp³-hybridized carbons (Fsp3) is 0.188. The van der Waals surface area contributed by atoms with E-state index >= 15 is 0 Å². The van der Waals surface area contributed by atoms with Crippen molar-refractivity contribution >= 4 is 29.2 Å². The zero-order chi connectivity index (χ0) is 15.5. The van der Waals surface area contributed by atoms with Crippen LogP contribution in [0, 0.1) is 0 Å². The van der Waals surface area contributed by atoms with E-state index in [2.05, 4.69) is 5.32 Å². The maximum Gasteiger partial charge on any atom is 0.328 e. The Morgan fingerprint density at radius 2 is 1.81 bits per heavy atom. The summed E-state index contributed by atoms with van der Waals surface area (Å²) in [5, 5.41) is 13.4. The molecule has 0 spiro atoms. The molecule has 1 atom stereocenters. The second kappa shape index (κ2) is 6.48. The van der Waals surface area contributed by atoms with Gasteiger partial charge in [-0.1, -0.05) is 59.6 Å². The van der Waals surface area contributed by atoms with Crippen LogP contribution < -0.4 is 5.32 Å². The van der Waals surface area contributed by atoms with Crippen molar-refractivity contribution in [3.05, 3.63) is 69.7 Å². The van der Waals surface area contributed by atoms with Gasteiger partial charge in [0.2, 0.25) is 0 Å². The Morgan fingerprint density at radius 1 is 1.14 bits per heavy atom. The summed E-state index contributed by atoms with van der Waals surface area (Å²) in [6, 6.07) is 14.5. The van der Waals surface area contributed by atoms with Crippen LogP contribution in [0.1, 0.15) is 18.1 Å². The lowest BCUT2D eigenvalue weighted by molar-refractivity contribution is -0.144. The molecule has 0 fully saturated rings. The number of carboxylic acids is 1. The summed E-state index contributed by atoms with van der Waals surface area (Å²) in [5.41, 5.74) is 0.315. The van der Waals surface area contributed by atoms with E-state index in [1.54, 1.807) is 25.1 Å². The molecule has 1 unspecified atom stereocenters. The third kappa shape index (κ3) is 3.56. The Kier molecular flexibility index (Phi) is 4.88. The summed E-state index contributed by atoms with van der Waals surface area (Å²) in [4.78, 5) is 11.7. The van der Waals surface area contributed by atoms with Crippen molar-refractivity contribution in [2.45, 2.75) is 19.0 Å². The van der Waals surface area contributed by atoms with Crippen molar-refractivity contribution in [3.63, 3.8) is 0 Å². The molecule has 0 amide bonds. The topological polar surface area (TPSA) is 49.3 Å². The smallest absolute Gasteiger partial charge is 0.328 e. The molecule has 2 aromatic carbocycles. The Hall–Kier alpha value is -1.55. The van der Waals surface area contributed by atoms with Gasteiger partial charge in [-0.15, -0.1) is 0 Å². The van der Waals surface area contributed by atoms with E-state index in [1.165, 1.54) is 0 Å². The number of carbonyl (C=O) groups is 1. The van der Waals surface area contributed by atoms with E-state index in [4.69, 9.17) is 23.2 Å². The highest BCUT2D eigenvalue weighted by Crippen LogP contribution is 2.29. The van der Waals surface area contributed by atoms with Gasteiger partial charge in [0.1, 0.15) is 5.54 Å². The standard InChI is InChI=1S/C16H15Cl2NO2/c1-16(15(20)21,12-7-8-13(17)14(18)9-12)19-10-11-5-3-2-4-6-11/h2-9,19H,10H2,1H3,(H,20,21). The summed E-state index contributed by atoms with van der Waals surface area (Å²) in [5.74, 6) is -0.975. The highest BCUT2D eigenvalue weighted by molar-refractivity contribution is 6.42. The molecule has 21 heavy (non-hydrogen) atoms. The molecule has 0 saturated heterocycles. The highest BCUT2D eigenvalue weighted by atomic mass is 35.5. The molecule has 0 heterocycles. The maximum atomic E-state index is 11.7. The SMILES string of the molecule is CC(NCc1ccccc1)(C(=O)O)c1ccc(Cl)c(Cl)c1. The average Bonchev–Trinajstić information content (AvgIpc) is 2.48. The van der Waals surface area contributed by atoms with Gasteiger partial charge in [0, 0.05) is 6.54 Å². The first-order valence-electron chi connectivity index (χ1n) is 6.41. The fourth-order valence-electron chi connectivity index (χ4n) is 1.98. The molecule has 0 bridgehead atoms. The van der Waals surface area contributed by atoms with Crippen molar-refractivity contribution < 1.29 is 9.90 Å². The predicted octanol–water partition coefficient (Wildman–Crippen LogP) is 4.08. The van der Waals surface area contributed by atoms with E-state index in [-0.39, 0.29) is 0 Å². The molecule has 0 saturated carbocycles. The molecule has 0 aromatic heterocycles. The molecule has 0 aliphatic heterocycles. The van der Waals surface area contributed by atoms with Gasteiger partial charge < -0.3 is 5.11 Å². The third-order valence-corrected chi connectivity index (χ3v) is 4.15. The Morgan fingerprint density at radius 3 is 2.38 bits per heavy atom. The minimum absolute atomic E-state index is 0.336. The van der Waals surface area contributed by atoms with E-state index in [1.807, 2.05) is 30.3 Å². The van der Waals surface area contributed by atoms with E-state index < -0.39 is 11.5 Å². The maximum absolute atomic E-state index is 11.7. The zero-order valence-electron chi connectivity index (χ0n) is 11.4. The number of halogens is 2. The average molecular weight is 324 g/mol. The third-order valence-electron chi connectivity index (χ3n) is 3.41. The molecule has 2 N–H and O–H groups in total. The van der Waals surface area contributed by atoms with Crippen LogP contribution in [0.4, 0.5) is 0 Å². The number of hydrogen-bond donors (Lipinski definition) is 2. The number of benzene rings is 2. The van der Waals surface area contributed by atoms with Crippen molar-refractivity contribution in [2.24, 2.45) is 0 Å². The van der Waals surface area contributed by atoms with Gasteiger partial charge in [-0.25, -0.2) is 4.79 Å². The van der Waals surface area contributed by atoms with Crippen LogP contribution in [-0.2, 0) is 16.9 Å². The Balaban J connectivity index is 2.27. The van der Waals surface area contributed by atoms with E-state index in [9.17, 15) is 9.90 Å². The largest absolute Gasteiger partial charge is 0.480 e. The quantitative estimate of drug-likeness (QED) is 0.871. The van der Waals surface area contributed by atoms with Crippen molar-refractivity contribution in [3.8, 4) is 0 Å². The number of aliphatic carboxylic acids is 1. The Labute approximate surface area is 133 Å². The minimum Gasteiger partial charge on any atom is -0.480 e. The van der Waals surface area contributed by atoms with Crippen LogP contribution in [0.5, 0.6) is 0 Å². The molecule has 3 nitrogen and oxygen atoms in total. The van der Waals surface area contributed by atoms with Gasteiger partial charge >= 0.3 is 5.97 Å². The minimum atomic E-state index is -1.25. The van der Waals surface area contributed by atoms with Crippen LogP contribution >= 0.6 is 23.2 Å². The predicted molar refractivity (Wildman–Crippen MR) is 84.7 cm³/mol. The van der Waals surface area contributed by atoms with E-state index in [0.717, 1.165) is 5.56 Å². The lowest BCUT2D eigenvalue weighted by Crippen LogP contribution is -2.46. The summed E-state index contributed by atoms with van der Waals surface area (Å²) in [6.45, 7) is 2.04. The number of carboxylic acid groups (broad SMARTS) is 1. The lowest BCUT2D eigenvalue weighted by atomic mass is 9.91. The first-order chi connectivity index (χ1) is 9.93. The molecule has 0 aliphatic carbocycles. The van der Waals surface area contributed by atoms with Gasteiger partial charge in [-0.2, -0.15) is 0 Å². The van der Waals surface area contributed by atoms with Crippen LogP contribution in [0.3, 0.4) is 0 Å². The first-order valence-corrected chi connectivity index (χ1v) is 7.17. The van der Waals surface area contributed by atoms with Gasteiger partial charge in [0.25, 0.3) is 0 Å². The lowest BCUT2D eigenvalue weighted by Gasteiger charge is -2.27. The molecule has 2 rings (SSSR count). The molecule has 110 valence electrons. The summed E-state index contributed by atoms with van der Waals surface area (Å²) in [7, 11) is 0. The zero-order valence-corrected chi connectivity index (χ0v) is 12.9. The van der Waals surface area contributed by atoms with Crippen molar-refractivity contribution in [2.75, 3.05) is 0 Å². The van der Waals surface area contributed by atoms with E-state index in [0.29, 0.717) is 22.2 Å². The fourth-order valence-corrected chi connectivity index (χ4v) is 2.28. The van der Waals surface area contributed by atoms with Crippen LogP contribution in [0.25, 0.3) is 0 Å². The number of nitrogens with one attached hydrogen (secondary N) is 1. The molecule has 5 heteroatoms. The van der Waals surface area contributed by atoms with Crippen LogP contribution in [0.2, 0.25) is 10.0 Å². The van der Waals surface area contributed by atoms with Crippen molar-refractivity contribution in [1.29, 1.82) is 0 Å². The van der Waals surface area contributed by atoms with Crippen molar-refractivity contribution in [1.82, 2.24) is 5.32 Å². The molecular formula is C16H15Cl2NO2. The van der Waals surface area contributed by atoms with Crippen LogP contribution in [0.15, 0.2) is 48.5 Å². The highest BCUT2D eigenvalue weighted by Gasteiger charge is 2.35. The molecule has 0 radical (unpaired) electrons. The van der Waals surface area contributed by atoms with Gasteiger partial charge in [-0.3, -0.25) is 5.32 Å². The van der Waals surface area contributed by atoms with Gasteiger partial charge in [-0.05, 0) is 30.2 Å². The van der Waals surface area contributed by atoms with Gasteiger partial charge in [0.15, 0.2) is 0 Å². The monoisotopic (exact) mass is 323 g/mol. The summed E-state index contributed by atoms with van der Waals surface area (Å²) < 4.78 is 0. The second-order valence-corrected chi connectivity index (χ2v) is 5.71. The molecular weight excluding hydrogens is 309 g/mol. The normalized spacial score (nSPS) is 13.7. The summed E-state index contributed by atoms with van der Waals surface area (Å²) >= 11 is 11.9. The summed E-state index contributed by atoms with van der Waals surface area (Å²) in [6.07, 6.45) is 0. The Bertz CT molecular complexity index is 646. The number of rotatable bonds is 5.